The lowest BCUT2D eigenvalue weighted by molar-refractivity contribution is 0.440. The standard InChI is InChI=1S/C6H10N2O3S/c1-4(2)12(9,10)6-8-3-5(7)11-6/h3-4H,7H2,1-2H3. The van der Waals surface area contributed by atoms with E-state index in [9.17, 15) is 8.42 Å². The summed E-state index contributed by atoms with van der Waals surface area (Å²) in [5.74, 6) is 0.00854. The maximum atomic E-state index is 11.3. The lowest BCUT2D eigenvalue weighted by Gasteiger charge is -2.00. The van der Waals surface area contributed by atoms with Gasteiger partial charge >= 0.3 is 5.22 Å². The highest BCUT2D eigenvalue weighted by molar-refractivity contribution is 7.91. The number of nitrogens with zero attached hydrogens (tertiary/aromatic N) is 1. The van der Waals surface area contributed by atoms with Crippen LogP contribution in [0, 0.1) is 0 Å². The van der Waals surface area contributed by atoms with Crippen LogP contribution in [-0.4, -0.2) is 18.7 Å². The summed E-state index contributed by atoms with van der Waals surface area (Å²) in [6.07, 6.45) is 1.18. The third-order valence-electron chi connectivity index (χ3n) is 1.37. The Morgan fingerprint density at radius 2 is 2.17 bits per heavy atom. The van der Waals surface area contributed by atoms with Crippen LogP contribution in [0.4, 0.5) is 5.88 Å². The smallest absolute Gasteiger partial charge is 0.317 e. The van der Waals surface area contributed by atoms with Crippen LogP contribution >= 0.6 is 0 Å². The Kier molecular flexibility index (Phi) is 2.10. The van der Waals surface area contributed by atoms with Crippen LogP contribution < -0.4 is 5.73 Å². The molecule has 1 aromatic rings. The van der Waals surface area contributed by atoms with E-state index in [1.165, 1.54) is 6.20 Å². The molecule has 0 unspecified atom stereocenters. The van der Waals surface area contributed by atoms with E-state index >= 15 is 0 Å². The number of anilines is 1. The van der Waals surface area contributed by atoms with E-state index in [4.69, 9.17) is 5.73 Å². The molecule has 68 valence electrons. The van der Waals surface area contributed by atoms with Gasteiger partial charge in [0.25, 0.3) is 0 Å². The zero-order valence-corrected chi connectivity index (χ0v) is 7.63. The van der Waals surface area contributed by atoms with Gasteiger partial charge in [-0.3, -0.25) is 0 Å². The highest BCUT2D eigenvalue weighted by Gasteiger charge is 2.24. The van der Waals surface area contributed by atoms with Crippen molar-refractivity contribution in [3.05, 3.63) is 6.20 Å². The van der Waals surface area contributed by atoms with Crippen molar-refractivity contribution in [1.82, 2.24) is 4.98 Å². The van der Waals surface area contributed by atoms with Gasteiger partial charge in [-0.2, -0.15) is 0 Å². The number of nitrogen functional groups attached to an aromatic ring is 1. The molecule has 0 aliphatic rings. The number of aromatic nitrogens is 1. The number of hydrogen-bond donors (Lipinski definition) is 1. The largest absolute Gasteiger partial charge is 0.412 e. The number of hydrogen-bond acceptors (Lipinski definition) is 5. The minimum atomic E-state index is -3.41. The van der Waals surface area contributed by atoms with Crippen LogP contribution in [0.1, 0.15) is 13.8 Å². The van der Waals surface area contributed by atoms with Crippen molar-refractivity contribution >= 4 is 15.7 Å². The third-order valence-corrected chi connectivity index (χ3v) is 3.28. The van der Waals surface area contributed by atoms with Gasteiger partial charge in [0.2, 0.25) is 15.7 Å². The Balaban J connectivity index is 3.15. The third kappa shape index (κ3) is 1.42. The first-order chi connectivity index (χ1) is 5.44. The van der Waals surface area contributed by atoms with Gasteiger partial charge in [-0.05, 0) is 13.8 Å². The summed E-state index contributed by atoms with van der Waals surface area (Å²) in [7, 11) is -3.41. The predicted octanol–water partition coefficient (Wildman–Crippen LogP) is 0.439. The average molecular weight is 190 g/mol. The van der Waals surface area contributed by atoms with Crippen molar-refractivity contribution in [2.45, 2.75) is 24.3 Å². The molecule has 0 atom stereocenters. The van der Waals surface area contributed by atoms with Gasteiger partial charge < -0.3 is 10.2 Å². The van der Waals surface area contributed by atoms with Gasteiger partial charge in [-0.25, -0.2) is 13.4 Å². The summed E-state index contributed by atoms with van der Waals surface area (Å²) < 4.78 is 27.4. The van der Waals surface area contributed by atoms with E-state index in [2.05, 4.69) is 9.40 Å². The Morgan fingerprint density at radius 1 is 1.58 bits per heavy atom. The molecule has 0 saturated heterocycles. The van der Waals surface area contributed by atoms with Gasteiger partial charge in [-0.15, -0.1) is 0 Å². The molecular formula is C6H10N2O3S. The van der Waals surface area contributed by atoms with Crippen LogP contribution in [0.15, 0.2) is 15.8 Å². The highest BCUT2D eigenvalue weighted by atomic mass is 32.2. The van der Waals surface area contributed by atoms with Gasteiger partial charge in [0.1, 0.15) is 0 Å². The van der Waals surface area contributed by atoms with E-state index in [0.717, 1.165) is 0 Å². The van der Waals surface area contributed by atoms with E-state index in [-0.39, 0.29) is 11.1 Å². The Bertz CT molecular complexity index is 366. The van der Waals surface area contributed by atoms with Gasteiger partial charge in [0.05, 0.1) is 11.4 Å². The van der Waals surface area contributed by atoms with Crippen LogP contribution in [-0.2, 0) is 9.84 Å². The fraction of sp³-hybridized carbons (Fsp3) is 0.500. The second-order valence-corrected chi connectivity index (χ2v) is 5.00. The van der Waals surface area contributed by atoms with Crippen molar-refractivity contribution in [2.24, 2.45) is 0 Å². The first kappa shape index (κ1) is 9.05. The number of nitrogens with two attached hydrogens (primary N) is 1. The Labute approximate surface area is 70.5 Å². The molecule has 12 heavy (non-hydrogen) atoms. The van der Waals surface area contributed by atoms with Gasteiger partial charge in [0, 0.05) is 0 Å². The molecule has 2 N–H and O–H groups in total. The van der Waals surface area contributed by atoms with Crippen LogP contribution in [0.2, 0.25) is 0 Å². The fourth-order valence-electron chi connectivity index (χ4n) is 0.603. The quantitative estimate of drug-likeness (QED) is 0.731. The van der Waals surface area contributed by atoms with Crippen LogP contribution in [0.3, 0.4) is 0 Å². The molecule has 0 aliphatic heterocycles. The van der Waals surface area contributed by atoms with Gasteiger partial charge in [-0.1, -0.05) is 0 Å². The maximum Gasteiger partial charge on any atom is 0.317 e. The second kappa shape index (κ2) is 2.78. The first-order valence-corrected chi connectivity index (χ1v) is 4.94. The Morgan fingerprint density at radius 3 is 2.50 bits per heavy atom. The van der Waals surface area contributed by atoms with Crippen LogP contribution in [0.5, 0.6) is 0 Å². The summed E-state index contributed by atoms with van der Waals surface area (Å²) in [6, 6.07) is 0. The molecule has 6 heteroatoms. The molecule has 1 rings (SSSR count). The normalized spacial score (nSPS) is 12.2. The monoisotopic (exact) mass is 190 g/mol. The van der Waals surface area contributed by atoms with E-state index in [0.29, 0.717) is 0 Å². The molecule has 0 spiro atoms. The van der Waals surface area contributed by atoms with Gasteiger partial charge in [0.15, 0.2) is 0 Å². The van der Waals surface area contributed by atoms with Crippen molar-refractivity contribution in [3.63, 3.8) is 0 Å². The molecule has 0 amide bonds. The molecule has 1 aromatic heterocycles. The number of sulfone groups is 1. The molecule has 1 heterocycles. The predicted molar refractivity (Wildman–Crippen MR) is 43.2 cm³/mol. The van der Waals surface area contributed by atoms with Crippen LogP contribution in [0.25, 0.3) is 0 Å². The minimum Gasteiger partial charge on any atom is -0.412 e. The maximum absolute atomic E-state index is 11.3. The summed E-state index contributed by atoms with van der Waals surface area (Å²) >= 11 is 0. The topological polar surface area (TPSA) is 86.2 Å². The zero-order chi connectivity index (χ0) is 9.35. The van der Waals surface area contributed by atoms with E-state index in [1.54, 1.807) is 13.8 Å². The lowest BCUT2D eigenvalue weighted by atomic mass is 10.6. The SMILES string of the molecule is CC(C)S(=O)(=O)c1ncc(N)o1. The summed E-state index contributed by atoms with van der Waals surface area (Å²) in [5.41, 5.74) is 5.18. The molecule has 0 aromatic carbocycles. The Hall–Kier alpha value is -1.04. The molecule has 0 aliphatic carbocycles. The summed E-state index contributed by atoms with van der Waals surface area (Å²) in [4.78, 5) is 3.53. The van der Waals surface area contributed by atoms with Crippen molar-refractivity contribution in [2.75, 3.05) is 5.73 Å². The van der Waals surface area contributed by atoms with Crippen molar-refractivity contribution < 1.29 is 12.8 Å². The second-order valence-electron chi connectivity index (χ2n) is 2.62. The molecule has 0 saturated carbocycles. The molecular weight excluding hydrogens is 180 g/mol. The number of oxazole rings is 1. The van der Waals surface area contributed by atoms with E-state index in [1.807, 2.05) is 0 Å². The lowest BCUT2D eigenvalue weighted by Crippen LogP contribution is -2.14. The first-order valence-electron chi connectivity index (χ1n) is 3.40. The van der Waals surface area contributed by atoms with Crippen molar-refractivity contribution in [1.29, 1.82) is 0 Å². The highest BCUT2D eigenvalue weighted by Crippen LogP contribution is 2.16. The van der Waals surface area contributed by atoms with Crippen molar-refractivity contribution in [3.8, 4) is 0 Å². The molecule has 0 fully saturated rings. The van der Waals surface area contributed by atoms with E-state index < -0.39 is 15.1 Å². The molecule has 5 nitrogen and oxygen atoms in total. The zero-order valence-electron chi connectivity index (χ0n) is 6.81. The molecule has 0 bridgehead atoms. The minimum absolute atomic E-state index is 0.00854. The summed E-state index contributed by atoms with van der Waals surface area (Å²) in [6.45, 7) is 3.10. The fourth-order valence-corrected chi connectivity index (χ4v) is 1.42. The number of rotatable bonds is 2. The molecule has 0 radical (unpaired) electrons. The summed E-state index contributed by atoms with van der Waals surface area (Å²) in [5, 5.41) is -0.856. The average Bonchev–Trinajstić information content (AvgIpc) is 2.35.